The summed E-state index contributed by atoms with van der Waals surface area (Å²) in [6.45, 7) is 3.07. The molecule has 3 heterocycles. The summed E-state index contributed by atoms with van der Waals surface area (Å²) in [6, 6.07) is 0. The topological polar surface area (TPSA) is 110 Å². The molecule has 9 nitrogen and oxygen atoms in total. The molecule has 0 aliphatic carbocycles. The molecule has 1 aliphatic rings. The van der Waals surface area contributed by atoms with E-state index in [4.69, 9.17) is 9.84 Å². The van der Waals surface area contributed by atoms with Gasteiger partial charge in [0.15, 0.2) is 5.69 Å². The van der Waals surface area contributed by atoms with E-state index < -0.39 is 11.6 Å². The monoisotopic (exact) mass is 331 g/mol. The molecular weight excluding hydrogens is 314 g/mol. The van der Waals surface area contributed by atoms with E-state index in [2.05, 4.69) is 15.1 Å². The summed E-state index contributed by atoms with van der Waals surface area (Å²) in [7, 11) is 1.82. The molecule has 24 heavy (non-hydrogen) atoms. The van der Waals surface area contributed by atoms with Gasteiger partial charge in [0.1, 0.15) is 11.3 Å². The van der Waals surface area contributed by atoms with Gasteiger partial charge in [0.05, 0.1) is 31.7 Å². The Morgan fingerprint density at radius 3 is 2.54 bits per heavy atom. The van der Waals surface area contributed by atoms with E-state index in [0.29, 0.717) is 19.7 Å². The number of rotatable bonds is 3. The zero-order chi connectivity index (χ0) is 17.3. The highest BCUT2D eigenvalue weighted by Crippen LogP contribution is 2.29. The maximum Gasteiger partial charge on any atom is 0.356 e. The first-order valence-electron chi connectivity index (χ1n) is 7.37. The lowest BCUT2D eigenvalue weighted by Gasteiger charge is -2.39. The number of ether oxygens (including phenoxy) is 1. The molecule has 1 fully saturated rings. The van der Waals surface area contributed by atoms with Crippen LogP contribution in [0.25, 0.3) is 0 Å². The summed E-state index contributed by atoms with van der Waals surface area (Å²) in [5, 5.41) is 13.0. The van der Waals surface area contributed by atoms with Crippen LogP contribution in [0.3, 0.4) is 0 Å². The van der Waals surface area contributed by atoms with Gasteiger partial charge in [0.25, 0.3) is 5.91 Å². The molecule has 0 aromatic carbocycles. The number of carboxylic acids is 1. The third-order valence-electron chi connectivity index (χ3n) is 3.97. The van der Waals surface area contributed by atoms with Gasteiger partial charge in [0, 0.05) is 25.4 Å². The number of aryl methyl sites for hydroxylation is 1. The number of nitrogens with zero attached hydrogens (tertiary/aromatic N) is 5. The second-order valence-electron chi connectivity index (χ2n) is 5.80. The first kappa shape index (κ1) is 16.1. The third kappa shape index (κ3) is 2.98. The summed E-state index contributed by atoms with van der Waals surface area (Å²) in [6.07, 6.45) is 5.84. The molecule has 0 radical (unpaired) electrons. The van der Waals surface area contributed by atoms with Crippen molar-refractivity contribution in [3.8, 4) is 0 Å². The summed E-state index contributed by atoms with van der Waals surface area (Å²) in [5.74, 6) is -1.49. The largest absolute Gasteiger partial charge is 0.476 e. The molecule has 0 saturated carbocycles. The van der Waals surface area contributed by atoms with E-state index in [1.54, 1.807) is 15.8 Å². The van der Waals surface area contributed by atoms with Crippen LogP contribution < -0.4 is 0 Å². The van der Waals surface area contributed by atoms with E-state index in [-0.39, 0.29) is 17.3 Å². The lowest BCUT2D eigenvalue weighted by atomic mass is 9.97. The first-order chi connectivity index (χ1) is 11.4. The van der Waals surface area contributed by atoms with Gasteiger partial charge in [-0.05, 0) is 6.92 Å². The second kappa shape index (κ2) is 6.00. The highest BCUT2D eigenvalue weighted by atomic mass is 16.5. The molecule has 1 unspecified atom stereocenters. The van der Waals surface area contributed by atoms with Crippen LogP contribution in [0, 0.1) is 0 Å². The third-order valence-corrected chi connectivity index (χ3v) is 3.97. The number of carboxylic acid groups (broad SMARTS) is 1. The Kier molecular flexibility index (Phi) is 4.02. The van der Waals surface area contributed by atoms with Crippen LogP contribution in [-0.4, -0.2) is 61.3 Å². The Balaban J connectivity index is 1.79. The number of carbonyl (C=O) groups is 2. The average Bonchev–Trinajstić information content (AvgIpc) is 3.02. The van der Waals surface area contributed by atoms with Gasteiger partial charge in [-0.2, -0.15) is 5.10 Å². The fourth-order valence-electron chi connectivity index (χ4n) is 2.62. The number of hydrogen-bond donors (Lipinski definition) is 1. The number of carbonyl (C=O) groups excluding carboxylic acids is 1. The van der Waals surface area contributed by atoms with Crippen molar-refractivity contribution in [2.45, 2.75) is 12.5 Å². The minimum atomic E-state index is -1.18. The van der Waals surface area contributed by atoms with Gasteiger partial charge in [-0.3, -0.25) is 9.48 Å². The fraction of sp³-hybridized carbons (Fsp3) is 0.400. The fourth-order valence-corrected chi connectivity index (χ4v) is 2.62. The van der Waals surface area contributed by atoms with Gasteiger partial charge in [-0.1, -0.05) is 0 Å². The van der Waals surface area contributed by atoms with Gasteiger partial charge in [-0.25, -0.2) is 14.8 Å². The molecule has 1 atom stereocenters. The van der Waals surface area contributed by atoms with E-state index >= 15 is 0 Å². The molecule has 2 aromatic rings. The number of amides is 1. The number of hydrogen-bond acceptors (Lipinski definition) is 6. The minimum Gasteiger partial charge on any atom is -0.476 e. The molecule has 0 spiro atoms. The quantitative estimate of drug-likeness (QED) is 0.861. The smallest absolute Gasteiger partial charge is 0.356 e. The minimum absolute atomic E-state index is 0.107. The predicted octanol–water partition coefficient (Wildman–Crippen LogP) is 0.296. The Morgan fingerprint density at radius 1 is 1.25 bits per heavy atom. The van der Waals surface area contributed by atoms with E-state index in [0.717, 1.165) is 11.8 Å². The Morgan fingerprint density at radius 2 is 1.96 bits per heavy atom. The predicted molar refractivity (Wildman–Crippen MR) is 81.4 cm³/mol. The highest BCUT2D eigenvalue weighted by molar-refractivity contribution is 5.93. The van der Waals surface area contributed by atoms with Crippen LogP contribution in [0.4, 0.5) is 0 Å². The van der Waals surface area contributed by atoms with Gasteiger partial charge < -0.3 is 14.7 Å². The summed E-state index contributed by atoms with van der Waals surface area (Å²) in [4.78, 5) is 32.7. The van der Waals surface area contributed by atoms with Crippen LogP contribution in [0.5, 0.6) is 0 Å². The van der Waals surface area contributed by atoms with Crippen molar-refractivity contribution < 1.29 is 19.4 Å². The Hall–Kier alpha value is -2.81. The van der Waals surface area contributed by atoms with Gasteiger partial charge in [-0.15, -0.1) is 0 Å². The maximum absolute atomic E-state index is 12.6. The van der Waals surface area contributed by atoms with Crippen LogP contribution >= 0.6 is 0 Å². The molecule has 1 aliphatic heterocycles. The molecular formula is C15H17N5O4. The number of aromatic carboxylic acids is 1. The van der Waals surface area contributed by atoms with E-state index in [1.807, 2.05) is 20.2 Å². The molecule has 1 amide bonds. The van der Waals surface area contributed by atoms with Crippen molar-refractivity contribution in [2.24, 2.45) is 7.05 Å². The van der Waals surface area contributed by atoms with E-state index in [1.165, 1.54) is 6.20 Å². The molecule has 3 rings (SSSR count). The van der Waals surface area contributed by atoms with Crippen molar-refractivity contribution in [3.05, 3.63) is 41.7 Å². The number of aromatic nitrogens is 4. The van der Waals surface area contributed by atoms with Crippen molar-refractivity contribution in [1.82, 2.24) is 24.6 Å². The molecule has 0 bridgehead atoms. The van der Waals surface area contributed by atoms with Crippen molar-refractivity contribution in [3.63, 3.8) is 0 Å². The van der Waals surface area contributed by atoms with Crippen LogP contribution in [-0.2, 0) is 17.4 Å². The molecule has 1 saturated heterocycles. The number of morpholine rings is 1. The zero-order valence-electron chi connectivity index (χ0n) is 13.3. The van der Waals surface area contributed by atoms with Crippen molar-refractivity contribution in [2.75, 3.05) is 19.7 Å². The normalized spacial score (nSPS) is 20.8. The van der Waals surface area contributed by atoms with Gasteiger partial charge >= 0.3 is 5.97 Å². The molecule has 9 heteroatoms. The zero-order valence-corrected chi connectivity index (χ0v) is 13.3. The highest BCUT2D eigenvalue weighted by Gasteiger charge is 2.37. The van der Waals surface area contributed by atoms with Crippen LogP contribution in [0.1, 0.15) is 33.5 Å². The second-order valence-corrected chi connectivity index (χ2v) is 5.80. The van der Waals surface area contributed by atoms with Crippen molar-refractivity contribution in [1.29, 1.82) is 0 Å². The SMILES string of the molecule is Cn1cc(C2(C)CN(C(=O)c3cnc(C(=O)O)cn3)CCO2)cn1. The molecule has 2 aromatic heterocycles. The van der Waals surface area contributed by atoms with Crippen molar-refractivity contribution >= 4 is 11.9 Å². The standard InChI is InChI=1S/C15H17N5O4/c1-15(10-5-18-19(2)8-10)9-20(3-4-24-15)13(21)11-6-17-12(7-16-11)14(22)23/h5-8H,3-4,9H2,1-2H3,(H,22,23). The maximum atomic E-state index is 12.6. The lowest BCUT2D eigenvalue weighted by molar-refractivity contribution is -0.0932. The van der Waals surface area contributed by atoms with Gasteiger partial charge in [0.2, 0.25) is 0 Å². The molecule has 1 N–H and O–H groups in total. The summed E-state index contributed by atoms with van der Waals surface area (Å²) < 4.78 is 7.55. The van der Waals surface area contributed by atoms with Crippen LogP contribution in [0.15, 0.2) is 24.8 Å². The first-order valence-corrected chi connectivity index (χ1v) is 7.37. The lowest BCUT2D eigenvalue weighted by Crippen LogP contribution is -2.50. The molecule has 126 valence electrons. The van der Waals surface area contributed by atoms with Crippen LogP contribution in [0.2, 0.25) is 0 Å². The Bertz CT molecular complexity index is 772. The average molecular weight is 331 g/mol. The van der Waals surface area contributed by atoms with E-state index in [9.17, 15) is 9.59 Å². The Labute approximate surface area is 137 Å². The summed E-state index contributed by atoms with van der Waals surface area (Å²) >= 11 is 0. The summed E-state index contributed by atoms with van der Waals surface area (Å²) in [5.41, 5.74) is 0.135.